The van der Waals surface area contributed by atoms with Crippen molar-refractivity contribution in [1.82, 2.24) is 4.98 Å². The summed E-state index contributed by atoms with van der Waals surface area (Å²) in [4.78, 5) is 4.58. The molecule has 0 N–H and O–H groups in total. The van der Waals surface area contributed by atoms with Gasteiger partial charge in [-0.3, -0.25) is 0 Å². The van der Waals surface area contributed by atoms with Gasteiger partial charge in [-0.1, -0.05) is 46.8 Å². The molecule has 0 radical (unpaired) electrons. The molecule has 2 aromatic carbocycles. The maximum atomic E-state index is 8.46. The fourth-order valence-electron chi connectivity index (χ4n) is 3.69. The number of hydrogen-bond donors (Lipinski definition) is 0. The SMILES string of the molecule is [2H]c1nc2cc(CC(C)C)ccc2c(-c2cc(C(C)(C)C)cc(C)c2C)[n+]1C. The molecule has 0 atom stereocenters. The van der Waals surface area contributed by atoms with Crippen LogP contribution in [-0.2, 0) is 18.9 Å². The van der Waals surface area contributed by atoms with Crippen LogP contribution in [0.3, 0.4) is 0 Å². The van der Waals surface area contributed by atoms with E-state index in [4.69, 9.17) is 1.37 Å². The Bertz CT molecular complexity index is 1040. The smallest absolute Gasteiger partial charge is 0.232 e. The molecule has 0 aliphatic heterocycles. The molecule has 1 heterocycles. The summed E-state index contributed by atoms with van der Waals surface area (Å²) in [6.45, 7) is 15.6. The van der Waals surface area contributed by atoms with Crippen LogP contribution in [0.5, 0.6) is 0 Å². The summed E-state index contributed by atoms with van der Waals surface area (Å²) in [6.07, 6.45) is 1.32. The molecule has 3 aromatic rings. The zero-order valence-electron chi connectivity index (χ0n) is 19.1. The lowest BCUT2D eigenvalue weighted by Crippen LogP contribution is -2.32. The molecule has 0 amide bonds. The highest BCUT2D eigenvalue weighted by molar-refractivity contribution is 5.92. The highest BCUT2D eigenvalue weighted by atomic mass is 15.0. The standard InChI is InChI=1S/C25H33N2/c1-16(2)11-19-9-10-21-23(13-19)26-15-27(8)24(21)22-14-20(25(5,6)7)12-17(3)18(22)4/h9-10,12-16H,11H2,1-8H3/q+1/i15D. The van der Waals surface area contributed by atoms with Crippen LogP contribution in [0.4, 0.5) is 0 Å². The molecule has 2 nitrogen and oxygen atoms in total. The van der Waals surface area contributed by atoms with Crippen LogP contribution >= 0.6 is 0 Å². The summed E-state index contributed by atoms with van der Waals surface area (Å²) in [6, 6.07) is 11.2. The largest absolute Gasteiger partial charge is 0.287 e. The third-order valence-electron chi connectivity index (χ3n) is 5.41. The Kier molecular flexibility index (Phi) is 4.75. The zero-order chi connectivity index (χ0) is 20.8. The number of rotatable bonds is 3. The maximum Gasteiger partial charge on any atom is 0.287 e. The van der Waals surface area contributed by atoms with E-state index in [1.54, 1.807) is 0 Å². The minimum absolute atomic E-state index is 0.0723. The van der Waals surface area contributed by atoms with Crippen LogP contribution in [0.25, 0.3) is 22.2 Å². The van der Waals surface area contributed by atoms with Crippen molar-refractivity contribution in [3.63, 3.8) is 0 Å². The van der Waals surface area contributed by atoms with Gasteiger partial charge >= 0.3 is 0 Å². The molecular weight excluding hydrogens is 328 g/mol. The van der Waals surface area contributed by atoms with Gasteiger partial charge in [0.1, 0.15) is 5.69 Å². The van der Waals surface area contributed by atoms with Crippen LogP contribution in [0.2, 0.25) is 0 Å². The number of hydrogen-bond acceptors (Lipinski definition) is 1. The van der Waals surface area contributed by atoms with Gasteiger partial charge in [-0.2, -0.15) is 0 Å². The summed E-state index contributed by atoms with van der Waals surface area (Å²) in [5, 5.41) is 1.11. The summed E-state index contributed by atoms with van der Waals surface area (Å²) < 4.78 is 10.4. The third-order valence-corrected chi connectivity index (χ3v) is 5.41. The monoisotopic (exact) mass is 362 g/mol. The van der Waals surface area contributed by atoms with E-state index in [2.05, 4.69) is 83.8 Å². The molecule has 0 fully saturated rings. The van der Waals surface area contributed by atoms with Gasteiger partial charge < -0.3 is 0 Å². The first-order valence-corrected chi connectivity index (χ1v) is 9.90. The molecule has 0 aliphatic rings. The Morgan fingerprint density at radius 3 is 2.44 bits per heavy atom. The second-order valence-corrected chi connectivity index (χ2v) is 9.28. The molecule has 0 saturated carbocycles. The van der Waals surface area contributed by atoms with Crippen LogP contribution in [0, 0.1) is 19.8 Å². The van der Waals surface area contributed by atoms with Gasteiger partial charge in [0.2, 0.25) is 0 Å². The summed E-state index contributed by atoms with van der Waals surface area (Å²) in [7, 11) is 1.95. The highest BCUT2D eigenvalue weighted by Gasteiger charge is 2.22. The van der Waals surface area contributed by atoms with Crippen molar-refractivity contribution in [2.75, 3.05) is 0 Å². The fraction of sp³-hybridized carbons (Fsp3) is 0.440. The molecular formula is C25H33N2+. The van der Waals surface area contributed by atoms with Crippen molar-refractivity contribution >= 4 is 10.9 Å². The van der Waals surface area contributed by atoms with E-state index in [1.807, 2.05) is 11.6 Å². The molecule has 0 bridgehead atoms. The second-order valence-electron chi connectivity index (χ2n) is 9.28. The first-order valence-electron chi connectivity index (χ1n) is 10.4. The average molecular weight is 363 g/mol. The van der Waals surface area contributed by atoms with Gasteiger partial charge in [0.25, 0.3) is 6.30 Å². The second kappa shape index (κ2) is 7.07. The summed E-state index contributed by atoms with van der Waals surface area (Å²) >= 11 is 0. The lowest BCUT2D eigenvalue weighted by atomic mass is 9.83. The van der Waals surface area contributed by atoms with E-state index in [0.29, 0.717) is 12.2 Å². The number of fused-ring (bicyclic) bond motifs is 1. The van der Waals surface area contributed by atoms with Crippen molar-refractivity contribution in [3.8, 4) is 11.3 Å². The number of aryl methyl sites for hydroxylation is 1. The van der Waals surface area contributed by atoms with Gasteiger partial charge in [0, 0.05) is 5.56 Å². The number of nitrogens with zero attached hydrogens (tertiary/aromatic N) is 2. The molecule has 3 rings (SSSR count). The van der Waals surface area contributed by atoms with E-state index in [-0.39, 0.29) is 5.41 Å². The van der Waals surface area contributed by atoms with E-state index < -0.39 is 0 Å². The molecule has 0 saturated heterocycles. The Hall–Kier alpha value is -2.22. The number of aromatic nitrogens is 2. The van der Waals surface area contributed by atoms with Gasteiger partial charge in [-0.15, -0.1) is 0 Å². The molecule has 0 unspecified atom stereocenters. The number of benzene rings is 2. The fourth-order valence-corrected chi connectivity index (χ4v) is 3.69. The molecule has 0 spiro atoms. The predicted octanol–water partition coefficient (Wildman–Crippen LogP) is 5.84. The molecule has 1 aromatic heterocycles. The van der Waals surface area contributed by atoms with Crippen molar-refractivity contribution < 1.29 is 5.94 Å². The molecule has 2 heteroatoms. The normalized spacial score (nSPS) is 12.7. The summed E-state index contributed by atoms with van der Waals surface area (Å²) in [5.74, 6) is 0.598. The zero-order valence-corrected chi connectivity index (χ0v) is 18.1. The lowest BCUT2D eigenvalue weighted by Gasteiger charge is -2.22. The molecule has 0 aliphatic carbocycles. The van der Waals surface area contributed by atoms with Crippen LogP contribution in [0.1, 0.15) is 58.2 Å². The quantitative estimate of drug-likeness (QED) is 0.535. The van der Waals surface area contributed by atoms with Gasteiger partial charge in [-0.05, 0) is 77.0 Å². The Morgan fingerprint density at radius 1 is 1.11 bits per heavy atom. The van der Waals surface area contributed by atoms with Crippen molar-refractivity contribution in [1.29, 1.82) is 0 Å². The molecule has 142 valence electrons. The van der Waals surface area contributed by atoms with E-state index in [0.717, 1.165) is 23.0 Å². The van der Waals surface area contributed by atoms with E-state index in [1.165, 1.54) is 27.8 Å². The maximum absolute atomic E-state index is 8.46. The van der Waals surface area contributed by atoms with Crippen molar-refractivity contribution in [2.24, 2.45) is 13.0 Å². The topological polar surface area (TPSA) is 16.8 Å². The predicted molar refractivity (Wildman–Crippen MR) is 115 cm³/mol. The average Bonchev–Trinajstić information content (AvgIpc) is 2.57. The Morgan fingerprint density at radius 2 is 1.81 bits per heavy atom. The van der Waals surface area contributed by atoms with Gasteiger partial charge in [-0.25, -0.2) is 4.57 Å². The highest BCUT2D eigenvalue weighted by Crippen LogP contribution is 2.34. The molecule has 27 heavy (non-hydrogen) atoms. The van der Waals surface area contributed by atoms with Gasteiger partial charge in [0.15, 0.2) is 6.89 Å². The Labute approximate surface area is 165 Å². The van der Waals surface area contributed by atoms with Crippen LogP contribution in [0.15, 0.2) is 36.6 Å². The minimum Gasteiger partial charge on any atom is -0.232 e. The minimum atomic E-state index is 0.0723. The third kappa shape index (κ3) is 3.90. The van der Waals surface area contributed by atoms with Crippen LogP contribution in [-0.4, -0.2) is 4.98 Å². The van der Waals surface area contributed by atoms with Crippen molar-refractivity contribution in [3.05, 3.63) is 58.9 Å². The summed E-state index contributed by atoms with van der Waals surface area (Å²) in [5.41, 5.74) is 8.42. The lowest BCUT2D eigenvalue weighted by molar-refractivity contribution is -0.662. The Balaban J connectivity index is 2.34. The van der Waals surface area contributed by atoms with Crippen molar-refractivity contribution in [2.45, 2.75) is 60.3 Å². The van der Waals surface area contributed by atoms with E-state index in [9.17, 15) is 0 Å². The van der Waals surface area contributed by atoms with E-state index >= 15 is 0 Å². The van der Waals surface area contributed by atoms with Crippen LogP contribution < -0.4 is 4.57 Å². The first kappa shape index (κ1) is 18.2. The first-order chi connectivity index (χ1) is 13.0. The van der Waals surface area contributed by atoms with Gasteiger partial charge in [0.05, 0.1) is 12.4 Å².